The Morgan fingerprint density at radius 2 is 1.58 bits per heavy atom. The Bertz CT molecular complexity index is 2430. The standard InChI is InChI=1S/C54H75F2N9O5S/c1-33(35-9-11-36(12-10-35)48-34(2)59-32-71-48)60-51(68)44-27-42(66)29-65(44)52(69)49(54(6,7)8)62-47(67)30-63-21-18-41(19-22-63)64-23-16-40(17-24-64)61-46-26-38(15-20-58-46)37-13-14-45(43(25-37)50(55)56)70-31-39(57)28-53(3,4)5/h9-15,20,25-26,32-33,39-42,44,49-50,66H,16-19,21-24,27-31,57H2,1-8H3,(H,58,61)(H,60,68)(H,62,67)/t33-,39-,42+,44-,49+/m0/s1. The summed E-state index contributed by atoms with van der Waals surface area (Å²) >= 11 is 1.58. The van der Waals surface area contributed by atoms with Crippen molar-refractivity contribution in [1.29, 1.82) is 0 Å². The van der Waals surface area contributed by atoms with Gasteiger partial charge in [-0.25, -0.2) is 18.7 Å². The number of rotatable bonds is 17. The molecule has 2 aromatic heterocycles. The number of nitrogens with one attached hydrogen (secondary N) is 3. The largest absolute Gasteiger partial charge is 0.491 e. The molecule has 6 N–H and O–H groups in total. The smallest absolute Gasteiger partial charge is 0.267 e. The number of likely N-dealkylation sites (tertiary alicyclic amines) is 3. The molecule has 0 bridgehead atoms. The first-order chi connectivity index (χ1) is 33.6. The van der Waals surface area contributed by atoms with E-state index >= 15 is 0 Å². The molecule has 5 heterocycles. The lowest BCUT2D eigenvalue weighted by molar-refractivity contribution is -0.144. The number of nitrogens with two attached hydrogens (primary N) is 1. The van der Waals surface area contributed by atoms with Gasteiger partial charge in [0.15, 0.2) is 0 Å². The summed E-state index contributed by atoms with van der Waals surface area (Å²) < 4.78 is 34.3. The molecule has 0 radical (unpaired) electrons. The van der Waals surface area contributed by atoms with Gasteiger partial charge >= 0.3 is 0 Å². The van der Waals surface area contributed by atoms with E-state index in [0.29, 0.717) is 23.8 Å². The van der Waals surface area contributed by atoms with Crippen LogP contribution < -0.4 is 26.4 Å². The molecule has 0 aliphatic carbocycles. The number of halogens is 2. The summed E-state index contributed by atoms with van der Waals surface area (Å²) in [6.07, 6.45) is 2.64. The van der Waals surface area contributed by atoms with Crippen molar-refractivity contribution in [1.82, 2.24) is 35.3 Å². The number of carbonyl (C=O) groups excluding carboxylic acids is 3. The molecule has 3 saturated heterocycles. The molecule has 3 amide bonds. The monoisotopic (exact) mass is 1000 g/mol. The van der Waals surface area contributed by atoms with Gasteiger partial charge in [-0.2, -0.15) is 0 Å². The summed E-state index contributed by atoms with van der Waals surface area (Å²) in [4.78, 5) is 57.9. The number of amides is 3. The first-order valence-electron chi connectivity index (χ1n) is 25.2. The average Bonchev–Trinajstić information content (AvgIpc) is 3.94. The van der Waals surface area contributed by atoms with Crippen molar-refractivity contribution >= 4 is 34.9 Å². The van der Waals surface area contributed by atoms with Gasteiger partial charge in [-0.05, 0) is 103 Å². The Balaban J connectivity index is 0.860. The van der Waals surface area contributed by atoms with Crippen molar-refractivity contribution in [2.24, 2.45) is 16.6 Å². The normalized spacial score (nSPS) is 20.2. The van der Waals surface area contributed by atoms with Gasteiger partial charge in [0.2, 0.25) is 17.7 Å². The third-order valence-corrected chi connectivity index (χ3v) is 15.0. The van der Waals surface area contributed by atoms with E-state index in [2.05, 4.69) is 56.5 Å². The molecular formula is C54H75F2N9O5S. The molecule has 0 spiro atoms. The molecule has 5 atom stereocenters. The lowest BCUT2D eigenvalue weighted by Gasteiger charge is -2.42. The Labute approximate surface area is 422 Å². The van der Waals surface area contributed by atoms with Gasteiger partial charge in [0.05, 0.1) is 40.3 Å². The topological polar surface area (TPSA) is 178 Å². The van der Waals surface area contributed by atoms with E-state index in [4.69, 9.17) is 10.5 Å². The summed E-state index contributed by atoms with van der Waals surface area (Å²) in [6.45, 7) is 19.5. The fraction of sp³-hybridized carbons (Fsp3) is 0.574. The summed E-state index contributed by atoms with van der Waals surface area (Å²) in [5.41, 5.74) is 11.6. The van der Waals surface area contributed by atoms with E-state index in [9.17, 15) is 28.3 Å². The highest BCUT2D eigenvalue weighted by Gasteiger charge is 2.45. The van der Waals surface area contributed by atoms with E-state index in [0.717, 1.165) is 79.1 Å². The number of nitrogens with zero attached hydrogens (tertiary/aromatic N) is 5. The Hall–Kier alpha value is -5.07. The van der Waals surface area contributed by atoms with Crippen LogP contribution in [0.5, 0.6) is 5.75 Å². The number of pyridine rings is 1. The fourth-order valence-corrected chi connectivity index (χ4v) is 11.1. The number of alkyl halides is 2. The van der Waals surface area contributed by atoms with Gasteiger partial charge in [-0.15, -0.1) is 11.3 Å². The Kier molecular flexibility index (Phi) is 17.6. The zero-order valence-corrected chi connectivity index (χ0v) is 43.5. The van der Waals surface area contributed by atoms with Crippen molar-refractivity contribution in [2.45, 2.75) is 143 Å². The molecule has 0 unspecified atom stereocenters. The molecule has 3 aliphatic heterocycles. The van der Waals surface area contributed by atoms with Crippen LogP contribution in [-0.2, 0) is 14.4 Å². The number of thiazole rings is 1. The number of carbonyl (C=O) groups is 3. The predicted octanol–water partition coefficient (Wildman–Crippen LogP) is 7.97. The summed E-state index contributed by atoms with van der Waals surface area (Å²) in [5, 5.41) is 20.4. The van der Waals surface area contributed by atoms with Crippen LogP contribution in [0.1, 0.15) is 116 Å². The van der Waals surface area contributed by atoms with E-state index < -0.39 is 30.0 Å². The van der Waals surface area contributed by atoms with Gasteiger partial charge < -0.3 is 41.3 Å². The molecule has 2 aromatic carbocycles. The maximum absolute atomic E-state index is 14.3. The highest BCUT2D eigenvalue weighted by molar-refractivity contribution is 7.13. The number of aryl methyl sites for hydroxylation is 1. The maximum Gasteiger partial charge on any atom is 0.267 e. The van der Waals surface area contributed by atoms with Gasteiger partial charge in [0, 0.05) is 63.5 Å². The van der Waals surface area contributed by atoms with Crippen molar-refractivity contribution in [2.75, 3.05) is 51.2 Å². The third-order valence-electron chi connectivity index (χ3n) is 14.0. The number of hydrogen-bond acceptors (Lipinski definition) is 12. The third kappa shape index (κ3) is 14.3. The minimum absolute atomic E-state index is 0.00398. The molecule has 0 saturated carbocycles. The number of piperidine rings is 2. The highest BCUT2D eigenvalue weighted by atomic mass is 32.1. The van der Waals surface area contributed by atoms with Gasteiger partial charge in [-0.1, -0.05) is 71.9 Å². The quantitative estimate of drug-likeness (QED) is 0.0693. The van der Waals surface area contributed by atoms with E-state index in [1.165, 1.54) is 11.0 Å². The maximum atomic E-state index is 14.3. The van der Waals surface area contributed by atoms with Crippen LogP contribution in [0, 0.1) is 17.8 Å². The minimum Gasteiger partial charge on any atom is -0.491 e. The molecule has 71 heavy (non-hydrogen) atoms. The number of aliphatic hydroxyl groups is 1. The van der Waals surface area contributed by atoms with E-state index in [-0.39, 0.29) is 78.7 Å². The molecule has 7 rings (SSSR count). The number of β-amino-alcohol motifs (C(OH)–C–C–N with tert-alkyl or cyclic N) is 1. The minimum atomic E-state index is -2.71. The molecule has 3 fully saturated rings. The highest BCUT2D eigenvalue weighted by Crippen LogP contribution is 2.35. The second-order valence-electron chi connectivity index (χ2n) is 22.2. The van der Waals surface area contributed by atoms with Crippen LogP contribution in [-0.4, -0.2) is 130 Å². The SMILES string of the molecule is Cc1ncsc1-c1ccc([C@H](C)NC(=O)[C@@H]2C[C@@H](O)CN2C(=O)[C@@H](NC(=O)CN2CCC(N3CCC(Nc4cc(-c5ccc(OC[C@@H](N)CC(C)(C)C)c(C(F)F)c5)ccn4)CC3)CC2)C(C)(C)C)cc1. The lowest BCUT2D eigenvalue weighted by atomic mass is 9.85. The zero-order chi connectivity index (χ0) is 51.2. The van der Waals surface area contributed by atoms with Gasteiger partial charge in [0.25, 0.3) is 6.43 Å². The summed E-state index contributed by atoms with van der Waals surface area (Å²) in [6, 6.07) is 14.8. The van der Waals surface area contributed by atoms with E-state index in [1.54, 1.807) is 29.7 Å². The van der Waals surface area contributed by atoms with Crippen molar-refractivity contribution < 1.29 is 33.0 Å². The lowest BCUT2D eigenvalue weighted by Crippen LogP contribution is -2.59. The average molecular weight is 1000 g/mol. The fourth-order valence-electron chi connectivity index (χ4n) is 10.2. The van der Waals surface area contributed by atoms with Crippen LogP contribution in [0.4, 0.5) is 14.6 Å². The number of anilines is 1. The van der Waals surface area contributed by atoms with Crippen LogP contribution in [0.25, 0.3) is 21.6 Å². The van der Waals surface area contributed by atoms with Crippen LogP contribution in [0.3, 0.4) is 0 Å². The first-order valence-corrected chi connectivity index (χ1v) is 26.1. The second kappa shape index (κ2) is 23.2. The predicted molar refractivity (Wildman–Crippen MR) is 276 cm³/mol. The van der Waals surface area contributed by atoms with Crippen LogP contribution in [0.2, 0.25) is 0 Å². The van der Waals surface area contributed by atoms with Gasteiger partial charge in [-0.3, -0.25) is 19.3 Å². The Morgan fingerprint density at radius 1 is 0.901 bits per heavy atom. The zero-order valence-electron chi connectivity index (χ0n) is 42.7. The van der Waals surface area contributed by atoms with E-state index in [1.807, 2.05) is 76.5 Å². The molecule has 386 valence electrons. The summed E-state index contributed by atoms with van der Waals surface area (Å²) in [7, 11) is 0. The number of aromatic nitrogens is 2. The molecule has 17 heteroatoms. The number of benzene rings is 2. The number of ether oxygens (including phenoxy) is 1. The molecule has 3 aliphatic rings. The first kappa shape index (κ1) is 53.7. The van der Waals surface area contributed by atoms with Crippen molar-refractivity contribution in [3.05, 3.63) is 83.1 Å². The van der Waals surface area contributed by atoms with Crippen molar-refractivity contribution in [3.8, 4) is 27.3 Å². The Morgan fingerprint density at radius 3 is 2.21 bits per heavy atom. The van der Waals surface area contributed by atoms with Crippen LogP contribution in [0.15, 0.2) is 66.3 Å². The molecule has 4 aromatic rings. The molecule has 14 nitrogen and oxygen atoms in total. The number of aliphatic hydroxyl groups excluding tert-OH is 1. The number of hydrogen-bond donors (Lipinski definition) is 5. The van der Waals surface area contributed by atoms with Crippen LogP contribution >= 0.6 is 11.3 Å². The molecular weight excluding hydrogens is 925 g/mol. The summed E-state index contributed by atoms with van der Waals surface area (Å²) in [5.74, 6) is -0.133. The van der Waals surface area contributed by atoms with Crippen molar-refractivity contribution in [3.63, 3.8) is 0 Å². The van der Waals surface area contributed by atoms with Gasteiger partial charge in [0.1, 0.15) is 30.3 Å². The second-order valence-corrected chi connectivity index (χ2v) is 23.0.